The van der Waals surface area contributed by atoms with Crippen molar-refractivity contribution < 1.29 is 55.7 Å². The maximum absolute atomic E-state index is 14.0. The van der Waals surface area contributed by atoms with Crippen molar-refractivity contribution in [1.29, 1.82) is 0 Å². The van der Waals surface area contributed by atoms with Crippen LogP contribution in [0.1, 0.15) is 80.0 Å². The number of hydrogen-bond donors (Lipinski definition) is 4. The van der Waals surface area contributed by atoms with Crippen molar-refractivity contribution in [3.8, 4) is 0 Å². The highest BCUT2D eigenvalue weighted by atomic mass is 32.1. The normalized spacial score (nSPS) is 18.6. The molecule has 3 amide bonds. The fraction of sp³-hybridized carbons (Fsp3) is 0.629. The van der Waals surface area contributed by atoms with Gasteiger partial charge in [0.05, 0.1) is 12.0 Å². The Morgan fingerprint density at radius 2 is 1.62 bits per heavy atom. The molecule has 11 nitrogen and oxygen atoms in total. The molecule has 296 valence electrons. The standard InChI is InChI=1S/C35H47F6N5O6S/c1-19(2)25(46(5)32(50)27(28(34(36,37)38)35(39,40)41)44-30(49)24-13-9-10-14-45(24)4)17-26(47)31-43-23(18-53-31)29(48)42-22(15-20(3)33(51)52)16-21-11-7-6-8-12-21/h6-8,11-12,18-20,22,24-28,47H,9-10,13-17H2,1-5H3,(H,42,48)(H,44,49)(H,51,52)/t20?,22?,24-,25?,26?,27?/m1/s1. The third kappa shape index (κ3) is 12.1. The molecule has 0 bridgehead atoms. The Balaban J connectivity index is 1.82. The fourth-order valence-electron chi connectivity index (χ4n) is 6.52. The third-order valence-electron chi connectivity index (χ3n) is 9.51. The number of rotatable bonds is 16. The molecule has 18 heteroatoms. The number of aliphatic hydroxyl groups is 1. The van der Waals surface area contributed by atoms with Gasteiger partial charge in [-0.15, -0.1) is 11.3 Å². The lowest BCUT2D eigenvalue weighted by Gasteiger charge is -2.39. The molecule has 1 aromatic heterocycles. The molecule has 1 fully saturated rings. The third-order valence-corrected chi connectivity index (χ3v) is 10.5. The van der Waals surface area contributed by atoms with Crippen molar-refractivity contribution in [2.24, 2.45) is 17.8 Å². The molecule has 0 saturated carbocycles. The number of carboxylic acids is 1. The van der Waals surface area contributed by atoms with E-state index in [2.05, 4.69) is 10.3 Å². The monoisotopic (exact) mass is 779 g/mol. The number of aliphatic carboxylic acids is 1. The number of benzene rings is 1. The van der Waals surface area contributed by atoms with Crippen LogP contribution in [0.15, 0.2) is 35.7 Å². The van der Waals surface area contributed by atoms with Crippen molar-refractivity contribution >= 4 is 35.0 Å². The van der Waals surface area contributed by atoms with Crippen LogP contribution in [0.25, 0.3) is 0 Å². The summed E-state index contributed by atoms with van der Waals surface area (Å²) in [5.41, 5.74) is 0.743. The Bertz CT molecular complexity index is 1530. The van der Waals surface area contributed by atoms with Gasteiger partial charge in [0.25, 0.3) is 5.91 Å². The summed E-state index contributed by atoms with van der Waals surface area (Å²) >= 11 is 0.873. The minimum atomic E-state index is -5.94. The number of carbonyl (C=O) groups is 4. The number of nitrogens with zero attached hydrogens (tertiary/aromatic N) is 3. The van der Waals surface area contributed by atoms with Crippen LogP contribution in [0.5, 0.6) is 0 Å². The molecule has 2 heterocycles. The number of amides is 3. The number of halogens is 6. The second-order valence-electron chi connectivity index (χ2n) is 14.0. The lowest BCUT2D eigenvalue weighted by atomic mass is 9.92. The van der Waals surface area contributed by atoms with Gasteiger partial charge in [0.2, 0.25) is 11.8 Å². The van der Waals surface area contributed by atoms with E-state index >= 15 is 0 Å². The summed E-state index contributed by atoms with van der Waals surface area (Å²) < 4.78 is 84.3. The molecular formula is C35H47F6N5O6S. The second kappa shape index (κ2) is 18.5. The van der Waals surface area contributed by atoms with Gasteiger partial charge < -0.3 is 25.7 Å². The fourth-order valence-corrected chi connectivity index (χ4v) is 7.32. The highest BCUT2D eigenvalue weighted by Gasteiger charge is 2.63. The van der Waals surface area contributed by atoms with Gasteiger partial charge in [-0.2, -0.15) is 26.3 Å². The van der Waals surface area contributed by atoms with Crippen molar-refractivity contribution in [1.82, 2.24) is 25.4 Å². The van der Waals surface area contributed by atoms with E-state index in [1.54, 1.807) is 31.3 Å². The molecule has 6 atom stereocenters. The Morgan fingerprint density at radius 3 is 2.17 bits per heavy atom. The predicted molar refractivity (Wildman–Crippen MR) is 184 cm³/mol. The minimum absolute atomic E-state index is 0.00573. The summed E-state index contributed by atoms with van der Waals surface area (Å²) in [6, 6.07) is 3.27. The Labute approximate surface area is 308 Å². The van der Waals surface area contributed by atoms with E-state index in [-0.39, 0.29) is 30.0 Å². The highest BCUT2D eigenvalue weighted by molar-refractivity contribution is 7.09. The molecule has 0 radical (unpaired) electrons. The maximum Gasteiger partial charge on any atom is 0.403 e. The van der Waals surface area contributed by atoms with Gasteiger partial charge in [-0.3, -0.25) is 24.1 Å². The van der Waals surface area contributed by atoms with E-state index in [1.807, 2.05) is 18.2 Å². The van der Waals surface area contributed by atoms with Crippen molar-refractivity contribution in [3.05, 3.63) is 52.0 Å². The van der Waals surface area contributed by atoms with E-state index in [1.165, 1.54) is 24.3 Å². The quantitative estimate of drug-likeness (QED) is 0.170. The number of likely N-dealkylation sites (N-methyl/N-ethyl adjacent to an activating group) is 2. The lowest BCUT2D eigenvalue weighted by Crippen LogP contribution is -2.63. The zero-order valence-corrected chi connectivity index (χ0v) is 30.9. The average Bonchev–Trinajstić information content (AvgIpc) is 3.56. The molecule has 1 aliphatic heterocycles. The molecule has 1 aliphatic rings. The number of carbonyl (C=O) groups excluding carboxylic acids is 3. The first-order valence-electron chi connectivity index (χ1n) is 17.2. The molecule has 4 N–H and O–H groups in total. The first-order valence-corrected chi connectivity index (χ1v) is 18.1. The summed E-state index contributed by atoms with van der Waals surface area (Å²) in [4.78, 5) is 58.0. The minimum Gasteiger partial charge on any atom is -0.481 e. The number of aliphatic hydroxyl groups excluding tert-OH is 1. The van der Waals surface area contributed by atoms with Crippen molar-refractivity contribution in [2.75, 3.05) is 20.6 Å². The number of nitrogens with one attached hydrogen (secondary N) is 2. The van der Waals surface area contributed by atoms with E-state index in [0.717, 1.165) is 23.9 Å². The number of thiazole rings is 1. The number of likely N-dealkylation sites (tertiary alicyclic amines) is 1. The Morgan fingerprint density at radius 1 is 1.00 bits per heavy atom. The Hall–Kier alpha value is -3.77. The molecule has 3 rings (SSSR count). The summed E-state index contributed by atoms with van der Waals surface area (Å²) in [6.45, 7) is 5.02. The molecular weight excluding hydrogens is 732 g/mol. The number of piperidine rings is 1. The summed E-state index contributed by atoms with van der Waals surface area (Å²) in [5.74, 6) is -10.1. The number of carboxylic acid groups (broad SMARTS) is 1. The van der Waals surface area contributed by atoms with E-state index in [4.69, 9.17) is 0 Å². The number of alkyl halides is 6. The maximum atomic E-state index is 14.0. The van der Waals surface area contributed by atoms with Gasteiger partial charge in [0, 0.05) is 30.9 Å². The number of hydrogen-bond acceptors (Lipinski definition) is 8. The first kappa shape index (κ1) is 43.6. The van der Waals surface area contributed by atoms with Crippen LogP contribution in [-0.2, 0) is 20.8 Å². The van der Waals surface area contributed by atoms with Crippen LogP contribution in [0.4, 0.5) is 26.3 Å². The van der Waals surface area contributed by atoms with Gasteiger partial charge >= 0.3 is 18.3 Å². The molecule has 1 aromatic carbocycles. The van der Waals surface area contributed by atoms with E-state index in [0.29, 0.717) is 30.7 Å². The molecule has 2 aromatic rings. The zero-order valence-electron chi connectivity index (χ0n) is 30.1. The summed E-state index contributed by atoms with van der Waals surface area (Å²) in [5, 5.41) is 26.5. The van der Waals surface area contributed by atoms with Crippen LogP contribution in [0.3, 0.4) is 0 Å². The van der Waals surface area contributed by atoms with Gasteiger partial charge in [0.15, 0.2) is 5.92 Å². The first-order chi connectivity index (χ1) is 24.6. The van der Waals surface area contributed by atoms with Crippen LogP contribution < -0.4 is 10.6 Å². The van der Waals surface area contributed by atoms with Crippen LogP contribution in [0, 0.1) is 17.8 Å². The second-order valence-corrected chi connectivity index (χ2v) is 14.8. The highest BCUT2D eigenvalue weighted by Crippen LogP contribution is 2.42. The van der Waals surface area contributed by atoms with Crippen molar-refractivity contribution in [3.63, 3.8) is 0 Å². The van der Waals surface area contributed by atoms with Crippen LogP contribution in [0.2, 0.25) is 0 Å². The van der Waals surface area contributed by atoms with E-state index in [9.17, 15) is 55.7 Å². The Kier molecular flexibility index (Phi) is 15.2. The SMILES string of the molecule is CC(CC(Cc1ccccc1)NC(=O)c1csc(C(O)CC(C(C)C)N(C)C(=O)C(NC(=O)[C@H]2CCCCN2C)C(C(F)(F)F)C(F)(F)F)n1)C(=O)O. The average molecular weight is 780 g/mol. The van der Waals surface area contributed by atoms with E-state index < -0.39 is 84.1 Å². The smallest absolute Gasteiger partial charge is 0.403 e. The topological polar surface area (TPSA) is 152 Å². The van der Waals surface area contributed by atoms with Gasteiger partial charge in [0.1, 0.15) is 22.8 Å². The van der Waals surface area contributed by atoms with Crippen LogP contribution in [-0.4, -0.2) is 106 Å². The molecule has 0 spiro atoms. The molecule has 5 unspecified atom stereocenters. The van der Waals surface area contributed by atoms with Crippen LogP contribution >= 0.6 is 11.3 Å². The van der Waals surface area contributed by atoms with Gasteiger partial charge in [-0.25, -0.2) is 4.98 Å². The van der Waals surface area contributed by atoms with Gasteiger partial charge in [-0.1, -0.05) is 57.5 Å². The molecule has 1 saturated heterocycles. The largest absolute Gasteiger partial charge is 0.481 e. The van der Waals surface area contributed by atoms with Crippen molar-refractivity contribution in [2.45, 2.75) is 102 Å². The predicted octanol–water partition coefficient (Wildman–Crippen LogP) is 5.21. The summed E-state index contributed by atoms with van der Waals surface area (Å²) in [6.07, 6.45) is -11.9. The molecule has 53 heavy (non-hydrogen) atoms. The molecule has 0 aliphatic carbocycles. The zero-order chi connectivity index (χ0) is 39.8. The summed E-state index contributed by atoms with van der Waals surface area (Å²) in [7, 11) is 2.53. The lowest BCUT2D eigenvalue weighted by molar-refractivity contribution is -0.290. The van der Waals surface area contributed by atoms with Gasteiger partial charge in [-0.05, 0) is 50.8 Å². The number of aromatic nitrogens is 1.